The van der Waals surface area contributed by atoms with Gasteiger partial charge in [0.1, 0.15) is 12.4 Å². The van der Waals surface area contributed by atoms with Gasteiger partial charge in [-0.1, -0.05) is 12.1 Å². The zero-order valence-corrected chi connectivity index (χ0v) is 9.55. The summed E-state index contributed by atoms with van der Waals surface area (Å²) >= 11 is 0. The van der Waals surface area contributed by atoms with Crippen LogP contribution in [0.3, 0.4) is 0 Å². The van der Waals surface area contributed by atoms with Crippen molar-refractivity contribution in [3.63, 3.8) is 0 Å². The second-order valence-corrected chi connectivity index (χ2v) is 4.30. The lowest BCUT2D eigenvalue weighted by Gasteiger charge is -2.14. The van der Waals surface area contributed by atoms with E-state index in [2.05, 4.69) is 37.4 Å². The normalized spacial score (nSPS) is 20.5. The van der Waals surface area contributed by atoms with Crippen molar-refractivity contribution in [3.8, 4) is 5.75 Å². The molecule has 1 saturated heterocycles. The Morgan fingerprint density at radius 3 is 3.00 bits per heavy atom. The van der Waals surface area contributed by atoms with Crippen molar-refractivity contribution in [3.05, 3.63) is 29.3 Å². The number of ether oxygens (including phenoxy) is 1. The predicted molar refractivity (Wildman–Crippen MR) is 62.4 cm³/mol. The first-order valence-corrected chi connectivity index (χ1v) is 5.70. The molecule has 0 bridgehead atoms. The van der Waals surface area contributed by atoms with E-state index in [1.54, 1.807) is 0 Å². The van der Waals surface area contributed by atoms with Gasteiger partial charge in [0, 0.05) is 6.04 Å². The Kier molecular flexibility index (Phi) is 3.27. The van der Waals surface area contributed by atoms with Gasteiger partial charge in [0.05, 0.1) is 0 Å². The molecule has 0 aromatic heterocycles. The standard InChI is InChI=1S/C13H19NO/c1-10-5-3-7-13(11(10)2)15-9-12-6-4-8-14-12/h3,5,7,12,14H,4,6,8-9H2,1-2H3/t12-/m1/s1. The highest BCUT2D eigenvalue weighted by Crippen LogP contribution is 2.21. The summed E-state index contributed by atoms with van der Waals surface area (Å²) in [5, 5.41) is 3.44. The summed E-state index contributed by atoms with van der Waals surface area (Å²) < 4.78 is 5.84. The Labute approximate surface area is 91.6 Å². The SMILES string of the molecule is Cc1cccc(OC[C@H]2CCCN2)c1C. The van der Waals surface area contributed by atoms with E-state index in [1.807, 2.05) is 0 Å². The average molecular weight is 205 g/mol. The van der Waals surface area contributed by atoms with Crippen LogP contribution < -0.4 is 10.1 Å². The molecule has 82 valence electrons. The van der Waals surface area contributed by atoms with E-state index in [-0.39, 0.29) is 0 Å². The van der Waals surface area contributed by atoms with Crippen LogP contribution in [-0.4, -0.2) is 19.2 Å². The van der Waals surface area contributed by atoms with Crippen LogP contribution in [0.2, 0.25) is 0 Å². The second kappa shape index (κ2) is 4.67. The molecule has 1 aromatic rings. The number of nitrogens with one attached hydrogen (secondary N) is 1. The minimum Gasteiger partial charge on any atom is -0.492 e. The smallest absolute Gasteiger partial charge is 0.122 e. The maximum atomic E-state index is 5.84. The number of aryl methyl sites for hydroxylation is 1. The Morgan fingerprint density at radius 1 is 1.40 bits per heavy atom. The molecule has 0 unspecified atom stereocenters. The van der Waals surface area contributed by atoms with Gasteiger partial charge in [-0.15, -0.1) is 0 Å². The molecule has 2 rings (SSSR count). The molecule has 0 saturated carbocycles. The predicted octanol–water partition coefficient (Wildman–Crippen LogP) is 2.43. The van der Waals surface area contributed by atoms with Gasteiger partial charge in [0.25, 0.3) is 0 Å². The number of hydrogen-bond acceptors (Lipinski definition) is 2. The number of benzene rings is 1. The minimum atomic E-state index is 0.546. The summed E-state index contributed by atoms with van der Waals surface area (Å²) in [6.45, 7) is 6.17. The Hall–Kier alpha value is -1.02. The highest BCUT2D eigenvalue weighted by Gasteiger charge is 2.14. The lowest BCUT2D eigenvalue weighted by atomic mass is 10.1. The van der Waals surface area contributed by atoms with Gasteiger partial charge in [0.15, 0.2) is 0 Å². The van der Waals surface area contributed by atoms with Gasteiger partial charge in [-0.05, 0) is 50.4 Å². The van der Waals surface area contributed by atoms with E-state index in [9.17, 15) is 0 Å². The molecule has 1 atom stereocenters. The Bertz CT molecular complexity index is 329. The van der Waals surface area contributed by atoms with Gasteiger partial charge in [-0.25, -0.2) is 0 Å². The lowest BCUT2D eigenvalue weighted by Crippen LogP contribution is -2.28. The maximum Gasteiger partial charge on any atom is 0.122 e. The van der Waals surface area contributed by atoms with Crippen LogP contribution in [0.25, 0.3) is 0 Å². The van der Waals surface area contributed by atoms with Crippen molar-refractivity contribution in [2.75, 3.05) is 13.2 Å². The summed E-state index contributed by atoms with van der Waals surface area (Å²) in [6.07, 6.45) is 2.52. The van der Waals surface area contributed by atoms with Gasteiger partial charge in [-0.2, -0.15) is 0 Å². The highest BCUT2D eigenvalue weighted by molar-refractivity contribution is 5.38. The van der Waals surface area contributed by atoms with Crippen molar-refractivity contribution >= 4 is 0 Å². The monoisotopic (exact) mass is 205 g/mol. The molecule has 1 N–H and O–H groups in total. The molecule has 0 spiro atoms. The first-order valence-electron chi connectivity index (χ1n) is 5.70. The Morgan fingerprint density at radius 2 is 2.27 bits per heavy atom. The van der Waals surface area contributed by atoms with E-state index in [0.717, 1.165) is 18.9 Å². The molecule has 2 nitrogen and oxygen atoms in total. The van der Waals surface area contributed by atoms with E-state index >= 15 is 0 Å². The highest BCUT2D eigenvalue weighted by atomic mass is 16.5. The zero-order chi connectivity index (χ0) is 10.7. The van der Waals surface area contributed by atoms with Crippen LogP contribution in [-0.2, 0) is 0 Å². The van der Waals surface area contributed by atoms with Gasteiger partial charge < -0.3 is 10.1 Å². The maximum absolute atomic E-state index is 5.84. The van der Waals surface area contributed by atoms with Crippen LogP contribution in [0, 0.1) is 13.8 Å². The fourth-order valence-corrected chi connectivity index (χ4v) is 1.97. The quantitative estimate of drug-likeness (QED) is 0.818. The lowest BCUT2D eigenvalue weighted by molar-refractivity contribution is 0.275. The molecule has 1 aliphatic heterocycles. The number of hydrogen-bond donors (Lipinski definition) is 1. The largest absolute Gasteiger partial charge is 0.492 e. The van der Waals surface area contributed by atoms with Crippen LogP contribution in [0.4, 0.5) is 0 Å². The molecular weight excluding hydrogens is 186 g/mol. The fraction of sp³-hybridized carbons (Fsp3) is 0.538. The molecular formula is C13H19NO. The molecule has 1 aromatic carbocycles. The van der Waals surface area contributed by atoms with E-state index in [4.69, 9.17) is 4.74 Å². The van der Waals surface area contributed by atoms with Crippen molar-refractivity contribution in [1.29, 1.82) is 0 Å². The van der Waals surface area contributed by atoms with Crippen LogP contribution in [0.15, 0.2) is 18.2 Å². The van der Waals surface area contributed by atoms with Crippen LogP contribution in [0.5, 0.6) is 5.75 Å². The molecule has 1 heterocycles. The molecule has 1 fully saturated rings. The summed E-state index contributed by atoms with van der Waals surface area (Å²) in [4.78, 5) is 0. The zero-order valence-electron chi connectivity index (χ0n) is 9.55. The van der Waals surface area contributed by atoms with Crippen LogP contribution in [0.1, 0.15) is 24.0 Å². The van der Waals surface area contributed by atoms with E-state index in [0.29, 0.717) is 6.04 Å². The van der Waals surface area contributed by atoms with E-state index < -0.39 is 0 Å². The second-order valence-electron chi connectivity index (χ2n) is 4.30. The van der Waals surface area contributed by atoms with Gasteiger partial charge >= 0.3 is 0 Å². The molecule has 15 heavy (non-hydrogen) atoms. The third-order valence-electron chi connectivity index (χ3n) is 3.16. The molecule has 0 radical (unpaired) electrons. The van der Waals surface area contributed by atoms with E-state index in [1.165, 1.54) is 24.0 Å². The molecule has 2 heteroatoms. The first-order chi connectivity index (χ1) is 7.27. The third-order valence-corrected chi connectivity index (χ3v) is 3.16. The Balaban J connectivity index is 1.95. The van der Waals surface area contributed by atoms with Crippen molar-refractivity contribution in [1.82, 2.24) is 5.32 Å². The fourth-order valence-electron chi connectivity index (χ4n) is 1.97. The topological polar surface area (TPSA) is 21.3 Å². The van der Waals surface area contributed by atoms with Crippen molar-refractivity contribution in [2.45, 2.75) is 32.7 Å². The van der Waals surface area contributed by atoms with Crippen molar-refractivity contribution < 1.29 is 4.74 Å². The summed E-state index contributed by atoms with van der Waals surface area (Å²) in [5.41, 5.74) is 2.56. The average Bonchev–Trinajstić information content (AvgIpc) is 2.73. The van der Waals surface area contributed by atoms with Crippen molar-refractivity contribution in [2.24, 2.45) is 0 Å². The minimum absolute atomic E-state index is 0.546. The van der Waals surface area contributed by atoms with Crippen LogP contribution >= 0.6 is 0 Å². The summed E-state index contributed by atoms with van der Waals surface area (Å²) in [7, 11) is 0. The van der Waals surface area contributed by atoms with Gasteiger partial charge in [-0.3, -0.25) is 0 Å². The molecule has 1 aliphatic rings. The summed E-state index contributed by atoms with van der Waals surface area (Å²) in [6, 6.07) is 6.78. The molecule has 0 amide bonds. The first kappa shape index (κ1) is 10.5. The number of rotatable bonds is 3. The summed E-state index contributed by atoms with van der Waals surface area (Å²) in [5.74, 6) is 1.03. The third kappa shape index (κ3) is 2.51. The van der Waals surface area contributed by atoms with Gasteiger partial charge in [0.2, 0.25) is 0 Å². The molecule has 0 aliphatic carbocycles.